The van der Waals surface area contributed by atoms with Crippen LogP contribution in [0.4, 0.5) is 0 Å². The van der Waals surface area contributed by atoms with Crippen molar-refractivity contribution < 1.29 is 13.2 Å². The van der Waals surface area contributed by atoms with E-state index >= 15 is 0 Å². The lowest BCUT2D eigenvalue weighted by molar-refractivity contribution is 0.192. The lowest BCUT2D eigenvalue weighted by Gasteiger charge is -2.11. The van der Waals surface area contributed by atoms with Crippen LogP contribution in [0, 0.1) is 0 Å². The Hall–Kier alpha value is -0.170. The van der Waals surface area contributed by atoms with E-state index in [9.17, 15) is 8.42 Å². The summed E-state index contributed by atoms with van der Waals surface area (Å²) in [6.45, 7) is 2.12. The lowest BCUT2D eigenvalue weighted by Crippen LogP contribution is -2.36. The van der Waals surface area contributed by atoms with Gasteiger partial charge in [0.1, 0.15) is 0 Å². The number of hydrogen-bond donors (Lipinski definition) is 2. The smallest absolute Gasteiger partial charge is 0.211 e. The normalized spacial score (nSPS) is 25.3. The highest BCUT2D eigenvalue weighted by atomic mass is 32.2. The molecule has 0 amide bonds. The molecular formula is C11H22N2O3S. The predicted octanol–water partition coefficient (Wildman–Crippen LogP) is 0.227. The summed E-state index contributed by atoms with van der Waals surface area (Å²) in [5.74, 6) is 0.232. The number of unbranched alkanes of at least 4 members (excludes halogenated alkanes) is 1. The summed E-state index contributed by atoms with van der Waals surface area (Å²) in [5.41, 5.74) is 0. The molecule has 2 fully saturated rings. The maximum atomic E-state index is 11.7. The van der Waals surface area contributed by atoms with Gasteiger partial charge < -0.3 is 10.1 Å². The minimum absolute atomic E-state index is 0.00964. The summed E-state index contributed by atoms with van der Waals surface area (Å²) in [6, 6.07) is 0.699. The fourth-order valence-electron chi connectivity index (χ4n) is 1.95. The average Bonchev–Trinajstić information content (AvgIpc) is 2.95. The van der Waals surface area contributed by atoms with Crippen molar-refractivity contribution in [1.82, 2.24) is 10.0 Å². The van der Waals surface area contributed by atoms with Gasteiger partial charge in [-0.1, -0.05) is 0 Å². The number of sulfonamides is 1. The van der Waals surface area contributed by atoms with Gasteiger partial charge in [-0.2, -0.15) is 0 Å². The van der Waals surface area contributed by atoms with Crippen molar-refractivity contribution in [3.63, 3.8) is 0 Å². The van der Waals surface area contributed by atoms with Crippen molar-refractivity contribution in [2.24, 2.45) is 0 Å². The molecule has 1 aliphatic carbocycles. The fourth-order valence-corrected chi connectivity index (χ4v) is 3.35. The van der Waals surface area contributed by atoms with Crippen LogP contribution >= 0.6 is 0 Å². The second-order valence-corrected chi connectivity index (χ2v) is 6.81. The van der Waals surface area contributed by atoms with Gasteiger partial charge in [0.05, 0.1) is 12.4 Å². The molecule has 1 saturated heterocycles. The summed E-state index contributed by atoms with van der Waals surface area (Å²) < 4.78 is 31.3. The number of hydrogen-bond acceptors (Lipinski definition) is 4. The maximum absolute atomic E-state index is 11.7. The first-order valence-electron chi connectivity index (χ1n) is 6.47. The molecule has 17 heavy (non-hydrogen) atoms. The highest BCUT2D eigenvalue weighted by Crippen LogP contribution is 2.18. The van der Waals surface area contributed by atoms with Gasteiger partial charge in [-0.25, -0.2) is 13.1 Å². The molecule has 0 radical (unpaired) electrons. The Morgan fingerprint density at radius 3 is 2.59 bits per heavy atom. The summed E-state index contributed by atoms with van der Waals surface area (Å²) in [7, 11) is -3.11. The SMILES string of the molecule is O=S(=O)(CCCCNC1CC1)NC1CCOC1. The van der Waals surface area contributed by atoms with E-state index < -0.39 is 10.0 Å². The third kappa shape index (κ3) is 5.33. The van der Waals surface area contributed by atoms with E-state index in [-0.39, 0.29) is 11.8 Å². The van der Waals surface area contributed by atoms with E-state index in [1.165, 1.54) is 12.8 Å². The molecule has 1 atom stereocenters. The fraction of sp³-hybridized carbons (Fsp3) is 1.00. The molecule has 5 nitrogen and oxygen atoms in total. The topological polar surface area (TPSA) is 67.4 Å². The molecule has 1 aliphatic heterocycles. The van der Waals surface area contributed by atoms with Crippen molar-refractivity contribution >= 4 is 10.0 Å². The highest BCUT2D eigenvalue weighted by molar-refractivity contribution is 7.89. The third-order valence-corrected chi connectivity index (χ3v) is 4.64. The van der Waals surface area contributed by atoms with Crippen LogP contribution in [0.2, 0.25) is 0 Å². The van der Waals surface area contributed by atoms with Crippen LogP contribution in [0.3, 0.4) is 0 Å². The van der Waals surface area contributed by atoms with Crippen LogP contribution < -0.4 is 10.0 Å². The van der Waals surface area contributed by atoms with E-state index in [4.69, 9.17) is 4.74 Å². The molecule has 2 N–H and O–H groups in total. The average molecular weight is 262 g/mol. The summed E-state index contributed by atoms with van der Waals surface area (Å²) >= 11 is 0. The molecule has 1 heterocycles. The van der Waals surface area contributed by atoms with Crippen LogP contribution in [-0.2, 0) is 14.8 Å². The largest absolute Gasteiger partial charge is 0.380 e. The summed E-state index contributed by atoms with van der Waals surface area (Å²) in [4.78, 5) is 0. The zero-order chi connectivity index (χ0) is 12.1. The van der Waals surface area contributed by atoms with Crippen molar-refractivity contribution in [1.29, 1.82) is 0 Å². The van der Waals surface area contributed by atoms with Gasteiger partial charge in [0.25, 0.3) is 0 Å². The van der Waals surface area contributed by atoms with Gasteiger partial charge >= 0.3 is 0 Å². The quantitative estimate of drug-likeness (QED) is 0.614. The van der Waals surface area contributed by atoms with Gasteiger partial charge in [0, 0.05) is 18.7 Å². The first kappa shape index (κ1) is 13.3. The zero-order valence-electron chi connectivity index (χ0n) is 10.2. The third-order valence-electron chi connectivity index (χ3n) is 3.13. The van der Waals surface area contributed by atoms with Gasteiger partial charge in [-0.05, 0) is 38.6 Å². The summed E-state index contributed by atoms with van der Waals surface area (Å²) in [6.07, 6.45) is 5.01. The minimum atomic E-state index is -3.11. The molecule has 0 bridgehead atoms. The number of ether oxygens (including phenoxy) is 1. The highest BCUT2D eigenvalue weighted by Gasteiger charge is 2.22. The molecule has 1 unspecified atom stereocenters. The van der Waals surface area contributed by atoms with Crippen molar-refractivity contribution in [3.05, 3.63) is 0 Å². The number of nitrogens with one attached hydrogen (secondary N) is 2. The molecule has 100 valence electrons. The molecule has 0 aromatic rings. The van der Waals surface area contributed by atoms with E-state index in [0.29, 0.717) is 19.3 Å². The Kier molecular flexibility index (Phi) is 4.78. The second-order valence-electron chi connectivity index (χ2n) is 4.93. The van der Waals surface area contributed by atoms with E-state index in [1.54, 1.807) is 0 Å². The lowest BCUT2D eigenvalue weighted by atomic mass is 10.3. The first-order chi connectivity index (χ1) is 8.16. The first-order valence-corrected chi connectivity index (χ1v) is 8.12. The van der Waals surface area contributed by atoms with Crippen LogP contribution in [0.25, 0.3) is 0 Å². The molecule has 1 saturated carbocycles. The Labute approximate surface area is 103 Å². The molecule has 2 rings (SSSR count). The molecular weight excluding hydrogens is 240 g/mol. The monoisotopic (exact) mass is 262 g/mol. The van der Waals surface area contributed by atoms with Crippen LogP contribution in [-0.4, -0.2) is 46.0 Å². The molecule has 0 spiro atoms. The van der Waals surface area contributed by atoms with Gasteiger partial charge in [-0.15, -0.1) is 0 Å². The second kappa shape index (κ2) is 6.13. The van der Waals surface area contributed by atoms with Gasteiger partial charge in [0.15, 0.2) is 0 Å². The Balaban J connectivity index is 1.55. The van der Waals surface area contributed by atoms with Crippen LogP contribution in [0.1, 0.15) is 32.1 Å². The maximum Gasteiger partial charge on any atom is 0.211 e. The molecule has 0 aromatic carbocycles. The molecule has 6 heteroatoms. The Morgan fingerprint density at radius 1 is 1.12 bits per heavy atom. The molecule has 2 aliphatic rings. The predicted molar refractivity (Wildman–Crippen MR) is 66.4 cm³/mol. The van der Waals surface area contributed by atoms with Gasteiger partial charge in [0.2, 0.25) is 10.0 Å². The Morgan fingerprint density at radius 2 is 1.94 bits per heavy atom. The van der Waals surface area contributed by atoms with Gasteiger partial charge in [-0.3, -0.25) is 0 Å². The number of rotatable bonds is 8. The standard InChI is InChI=1S/C11H22N2O3S/c14-17(15,13-11-5-7-16-9-11)8-2-1-6-12-10-3-4-10/h10-13H,1-9H2. The van der Waals surface area contributed by atoms with E-state index in [1.807, 2.05) is 0 Å². The van der Waals surface area contributed by atoms with Crippen LogP contribution in [0.15, 0.2) is 0 Å². The van der Waals surface area contributed by atoms with Crippen molar-refractivity contribution in [2.45, 2.75) is 44.2 Å². The van der Waals surface area contributed by atoms with E-state index in [2.05, 4.69) is 10.0 Å². The zero-order valence-corrected chi connectivity index (χ0v) is 11.0. The van der Waals surface area contributed by atoms with Crippen molar-refractivity contribution in [3.8, 4) is 0 Å². The summed E-state index contributed by atoms with van der Waals surface area (Å²) in [5, 5.41) is 3.38. The minimum Gasteiger partial charge on any atom is -0.380 e. The van der Waals surface area contributed by atoms with Crippen molar-refractivity contribution in [2.75, 3.05) is 25.5 Å². The van der Waals surface area contributed by atoms with E-state index in [0.717, 1.165) is 25.8 Å². The van der Waals surface area contributed by atoms with Crippen LogP contribution in [0.5, 0.6) is 0 Å². The molecule has 0 aromatic heterocycles. The Bertz CT molecular complexity index is 322.